The van der Waals surface area contributed by atoms with Gasteiger partial charge in [-0.2, -0.15) is 5.10 Å². The minimum absolute atomic E-state index is 0.827. The molecule has 2 rings (SSSR count). The van der Waals surface area contributed by atoms with E-state index in [1.807, 2.05) is 22.9 Å². The van der Waals surface area contributed by atoms with Gasteiger partial charge in [-0.05, 0) is 30.5 Å². The summed E-state index contributed by atoms with van der Waals surface area (Å²) < 4.78 is 1.84. The minimum atomic E-state index is 0.827. The molecular weight excluding hydrogens is 188 g/mol. The number of hydrogen-bond donors (Lipinski definition) is 1. The summed E-state index contributed by atoms with van der Waals surface area (Å²) in [6.45, 7) is 0.898. The maximum Gasteiger partial charge on any atom is 0.137 e. The highest BCUT2D eigenvalue weighted by molar-refractivity contribution is 5.40. The van der Waals surface area contributed by atoms with E-state index in [2.05, 4.69) is 16.1 Å². The van der Waals surface area contributed by atoms with E-state index in [4.69, 9.17) is 5.73 Å². The second kappa shape index (κ2) is 4.59. The van der Waals surface area contributed by atoms with Crippen molar-refractivity contribution in [3.63, 3.8) is 0 Å². The Morgan fingerprint density at radius 2 is 2.27 bits per heavy atom. The van der Waals surface area contributed by atoms with Gasteiger partial charge in [0.15, 0.2) is 0 Å². The van der Waals surface area contributed by atoms with Gasteiger partial charge < -0.3 is 5.73 Å². The van der Waals surface area contributed by atoms with Gasteiger partial charge in [0.25, 0.3) is 0 Å². The van der Waals surface area contributed by atoms with E-state index < -0.39 is 0 Å². The van der Waals surface area contributed by atoms with E-state index in [1.54, 1.807) is 12.7 Å². The summed E-state index contributed by atoms with van der Waals surface area (Å²) in [5, 5.41) is 4.05. The molecule has 0 fully saturated rings. The fraction of sp³-hybridized carbons (Fsp3) is 0.273. The average molecular weight is 202 g/mol. The molecule has 4 nitrogen and oxygen atoms in total. The summed E-state index contributed by atoms with van der Waals surface area (Å²) in [5.41, 5.74) is 7.80. The molecule has 0 aliphatic rings. The van der Waals surface area contributed by atoms with E-state index in [0.717, 1.165) is 25.1 Å². The van der Waals surface area contributed by atoms with Crippen LogP contribution < -0.4 is 5.73 Å². The Bertz CT molecular complexity index is 408. The summed E-state index contributed by atoms with van der Waals surface area (Å²) in [7, 11) is 0. The van der Waals surface area contributed by atoms with Crippen molar-refractivity contribution in [1.29, 1.82) is 0 Å². The van der Waals surface area contributed by atoms with Crippen molar-refractivity contribution in [3.8, 4) is 0 Å². The monoisotopic (exact) mass is 202 g/mol. The lowest BCUT2D eigenvalue weighted by molar-refractivity contribution is 0.577. The Hall–Kier alpha value is -1.84. The molecule has 4 heteroatoms. The highest BCUT2D eigenvalue weighted by Gasteiger charge is 1.95. The van der Waals surface area contributed by atoms with Gasteiger partial charge in [-0.3, -0.25) is 4.68 Å². The van der Waals surface area contributed by atoms with Crippen LogP contribution in [0.25, 0.3) is 0 Å². The normalized spacial score (nSPS) is 10.4. The van der Waals surface area contributed by atoms with Gasteiger partial charge in [0, 0.05) is 12.2 Å². The van der Waals surface area contributed by atoms with Gasteiger partial charge in [-0.15, -0.1) is 0 Å². The van der Waals surface area contributed by atoms with Crippen LogP contribution in [0.5, 0.6) is 0 Å². The lowest BCUT2D eigenvalue weighted by atomic mass is 10.1. The molecule has 0 saturated heterocycles. The van der Waals surface area contributed by atoms with E-state index in [9.17, 15) is 0 Å². The number of aryl methyl sites for hydroxylation is 2. The maximum atomic E-state index is 5.70. The molecular formula is C11H14N4. The molecule has 1 heterocycles. The summed E-state index contributed by atoms with van der Waals surface area (Å²) in [4.78, 5) is 3.89. The first-order chi connectivity index (χ1) is 7.34. The Kier molecular flexibility index (Phi) is 2.97. The summed E-state index contributed by atoms with van der Waals surface area (Å²) >= 11 is 0. The van der Waals surface area contributed by atoms with Crippen molar-refractivity contribution >= 4 is 5.69 Å². The van der Waals surface area contributed by atoms with Crippen LogP contribution in [0.15, 0.2) is 36.9 Å². The van der Waals surface area contributed by atoms with Gasteiger partial charge >= 0.3 is 0 Å². The second-order valence-corrected chi connectivity index (χ2v) is 3.51. The number of rotatable bonds is 4. The van der Waals surface area contributed by atoms with Crippen molar-refractivity contribution in [1.82, 2.24) is 14.8 Å². The van der Waals surface area contributed by atoms with Gasteiger partial charge in [-0.1, -0.05) is 12.1 Å². The molecule has 0 aliphatic heterocycles. The molecule has 1 aromatic heterocycles. The SMILES string of the molecule is Nc1cccc(CCCn2cncn2)c1. The predicted molar refractivity (Wildman–Crippen MR) is 59.2 cm³/mol. The zero-order valence-corrected chi connectivity index (χ0v) is 8.50. The molecule has 15 heavy (non-hydrogen) atoms. The quantitative estimate of drug-likeness (QED) is 0.764. The summed E-state index contributed by atoms with van der Waals surface area (Å²) in [6, 6.07) is 8.00. The zero-order chi connectivity index (χ0) is 10.5. The third-order valence-corrected chi connectivity index (χ3v) is 2.27. The van der Waals surface area contributed by atoms with E-state index in [0.29, 0.717) is 0 Å². The van der Waals surface area contributed by atoms with Gasteiger partial charge in [0.2, 0.25) is 0 Å². The van der Waals surface area contributed by atoms with Crippen molar-refractivity contribution in [2.75, 3.05) is 5.73 Å². The molecule has 0 radical (unpaired) electrons. The van der Waals surface area contributed by atoms with Crippen LogP contribution in [0.4, 0.5) is 5.69 Å². The lowest BCUT2D eigenvalue weighted by Gasteiger charge is -2.02. The van der Waals surface area contributed by atoms with Crippen LogP contribution in [0.2, 0.25) is 0 Å². The minimum Gasteiger partial charge on any atom is -0.399 e. The van der Waals surface area contributed by atoms with Crippen LogP contribution in [-0.2, 0) is 13.0 Å². The number of benzene rings is 1. The summed E-state index contributed by atoms with van der Waals surface area (Å²) in [5.74, 6) is 0. The van der Waals surface area contributed by atoms with E-state index >= 15 is 0 Å². The van der Waals surface area contributed by atoms with Gasteiger partial charge in [-0.25, -0.2) is 4.98 Å². The molecule has 2 N–H and O–H groups in total. The molecule has 1 aromatic carbocycles. The fourth-order valence-corrected chi connectivity index (χ4v) is 1.54. The third-order valence-electron chi connectivity index (χ3n) is 2.27. The number of hydrogen-bond acceptors (Lipinski definition) is 3. The molecule has 2 aromatic rings. The van der Waals surface area contributed by atoms with Crippen LogP contribution in [-0.4, -0.2) is 14.8 Å². The van der Waals surface area contributed by atoms with Crippen molar-refractivity contribution in [2.24, 2.45) is 0 Å². The first kappa shape index (κ1) is 9.71. The second-order valence-electron chi connectivity index (χ2n) is 3.51. The molecule has 0 aliphatic carbocycles. The van der Waals surface area contributed by atoms with Crippen LogP contribution >= 0.6 is 0 Å². The predicted octanol–water partition coefficient (Wildman–Crippen LogP) is 1.49. The zero-order valence-electron chi connectivity index (χ0n) is 8.50. The molecule has 0 atom stereocenters. The highest BCUT2D eigenvalue weighted by atomic mass is 15.3. The first-order valence-corrected chi connectivity index (χ1v) is 5.01. The molecule has 0 unspecified atom stereocenters. The maximum absolute atomic E-state index is 5.70. The topological polar surface area (TPSA) is 56.7 Å². The van der Waals surface area contributed by atoms with Crippen LogP contribution in [0, 0.1) is 0 Å². The molecule has 78 valence electrons. The van der Waals surface area contributed by atoms with Crippen molar-refractivity contribution in [2.45, 2.75) is 19.4 Å². The van der Waals surface area contributed by atoms with Crippen LogP contribution in [0.3, 0.4) is 0 Å². The molecule has 0 spiro atoms. The number of aromatic nitrogens is 3. The van der Waals surface area contributed by atoms with Crippen molar-refractivity contribution < 1.29 is 0 Å². The fourth-order valence-electron chi connectivity index (χ4n) is 1.54. The van der Waals surface area contributed by atoms with Crippen LogP contribution in [0.1, 0.15) is 12.0 Å². The third kappa shape index (κ3) is 2.80. The van der Waals surface area contributed by atoms with Gasteiger partial charge in [0.1, 0.15) is 12.7 Å². The molecule has 0 amide bonds. The molecule has 0 saturated carbocycles. The Labute approximate surface area is 88.8 Å². The smallest absolute Gasteiger partial charge is 0.137 e. The Balaban J connectivity index is 1.83. The van der Waals surface area contributed by atoms with E-state index in [-0.39, 0.29) is 0 Å². The first-order valence-electron chi connectivity index (χ1n) is 5.01. The number of anilines is 1. The number of nitrogens with two attached hydrogens (primary N) is 1. The number of nitrogens with zero attached hydrogens (tertiary/aromatic N) is 3. The highest BCUT2D eigenvalue weighted by Crippen LogP contribution is 2.08. The van der Waals surface area contributed by atoms with Crippen molar-refractivity contribution in [3.05, 3.63) is 42.5 Å². The van der Waals surface area contributed by atoms with Gasteiger partial charge in [0.05, 0.1) is 0 Å². The largest absolute Gasteiger partial charge is 0.399 e. The lowest BCUT2D eigenvalue weighted by Crippen LogP contribution is -2.00. The Morgan fingerprint density at radius 1 is 1.33 bits per heavy atom. The molecule has 0 bridgehead atoms. The number of nitrogen functional groups attached to an aromatic ring is 1. The summed E-state index contributed by atoms with van der Waals surface area (Å²) in [6.07, 6.45) is 5.36. The standard InChI is InChI=1S/C11H14N4/c12-11-5-1-3-10(7-11)4-2-6-15-9-13-8-14-15/h1,3,5,7-9H,2,4,6,12H2. The Morgan fingerprint density at radius 3 is 3.00 bits per heavy atom. The van der Waals surface area contributed by atoms with E-state index in [1.165, 1.54) is 5.56 Å². The average Bonchev–Trinajstić information content (AvgIpc) is 2.71.